The van der Waals surface area contributed by atoms with Gasteiger partial charge in [-0.15, -0.1) is 0 Å². The number of ether oxygens (including phenoxy) is 2. The van der Waals surface area contributed by atoms with Crippen LogP contribution in [0.1, 0.15) is 39.2 Å². The van der Waals surface area contributed by atoms with Crippen LogP contribution < -0.4 is 10.1 Å². The summed E-state index contributed by atoms with van der Waals surface area (Å²) in [6.45, 7) is 6.12. The molecule has 0 spiro atoms. The van der Waals surface area contributed by atoms with Crippen LogP contribution in [-0.2, 0) is 9.53 Å². The number of rotatable bonds is 7. The largest absolute Gasteiger partial charge is 0.494 e. The first-order valence-corrected chi connectivity index (χ1v) is 7.04. The highest BCUT2D eigenvalue weighted by atomic mass is 16.5. The molecule has 114 valence electrons. The van der Waals surface area contributed by atoms with E-state index in [4.69, 9.17) is 9.47 Å². The molecule has 0 saturated heterocycles. The third-order valence-electron chi connectivity index (χ3n) is 3.33. The molecule has 1 unspecified atom stereocenters. The molecule has 21 heavy (non-hydrogen) atoms. The van der Waals surface area contributed by atoms with Crippen LogP contribution >= 0.6 is 0 Å². The van der Waals surface area contributed by atoms with E-state index in [1.807, 2.05) is 13.8 Å². The normalized spacial score (nSPS) is 13.1. The minimum Gasteiger partial charge on any atom is -0.494 e. The third-order valence-corrected chi connectivity index (χ3v) is 3.33. The van der Waals surface area contributed by atoms with Gasteiger partial charge in [0, 0.05) is 7.11 Å². The van der Waals surface area contributed by atoms with Gasteiger partial charge in [0.25, 0.3) is 5.91 Å². The quantitative estimate of drug-likeness (QED) is 0.837. The zero-order valence-electron chi connectivity index (χ0n) is 13.0. The first-order valence-electron chi connectivity index (χ1n) is 7.04. The Balaban J connectivity index is 2.97. The summed E-state index contributed by atoms with van der Waals surface area (Å²) in [6, 6.07) is 7.08. The molecule has 1 aromatic carbocycles. The molecule has 5 nitrogen and oxygen atoms in total. The minimum absolute atomic E-state index is 0.257. The third kappa shape index (κ3) is 4.20. The molecule has 0 aliphatic rings. The SMILES string of the molecule is CCCC(C)(OC)C(=O)Nc1ccc(OCC)cc1C#N. The van der Waals surface area contributed by atoms with Crippen LogP contribution in [0.2, 0.25) is 0 Å². The number of carbonyl (C=O) groups excluding carboxylic acids is 1. The molecule has 1 N–H and O–H groups in total. The summed E-state index contributed by atoms with van der Waals surface area (Å²) < 4.78 is 10.7. The molecule has 0 bridgehead atoms. The molecule has 1 rings (SSSR count). The Hall–Kier alpha value is -2.06. The van der Waals surface area contributed by atoms with Crippen molar-refractivity contribution in [1.29, 1.82) is 5.26 Å². The van der Waals surface area contributed by atoms with Gasteiger partial charge in [-0.3, -0.25) is 4.79 Å². The van der Waals surface area contributed by atoms with Gasteiger partial charge in [0.05, 0.1) is 17.9 Å². The lowest BCUT2D eigenvalue weighted by Crippen LogP contribution is -2.41. The van der Waals surface area contributed by atoms with Crippen LogP contribution in [0.3, 0.4) is 0 Å². The highest BCUT2D eigenvalue weighted by molar-refractivity contribution is 5.98. The lowest BCUT2D eigenvalue weighted by atomic mass is 9.99. The molecule has 0 radical (unpaired) electrons. The molecule has 0 saturated carbocycles. The fourth-order valence-electron chi connectivity index (χ4n) is 2.02. The number of benzene rings is 1. The zero-order chi connectivity index (χ0) is 15.9. The first-order chi connectivity index (χ1) is 10.0. The number of hydrogen-bond acceptors (Lipinski definition) is 4. The average molecular weight is 290 g/mol. The molecule has 0 aliphatic heterocycles. The summed E-state index contributed by atoms with van der Waals surface area (Å²) in [6.07, 6.45) is 1.43. The van der Waals surface area contributed by atoms with Gasteiger partial charge in [-0.1, -0.05) is 13.3 Å². The van der Waals surface area contributed by atoms with Gasteiger partial charge in [-0.2, -0.15) is 5.26 Å². The van der Waals surface area contributed by atoms with E-state index in [1.165, 1.54) is 7.11 Å². The van der Waals surface area contributed by atoms with Crippen molar-refractivity contribution in [2.75, 3.05) is 19.0 Å². The molecular weight excluding hydrogens is 268 g/mol. The van der Waals surface area contributed by atoms with Crippen molar-refractivity contribution in [2.45, 2.75) is 39.2 Å². The second-order valence-electron chi connectivity index (χ2n) is 4.89. The van der Waals surface area contributed by atoms with Gasteiger partial charge in [0.1, 0.15) is 17.4 Å². The Morgan fingerprint density at radius 3 is 2.67 bits per heavy atom. The summed E-state index contributed by atoms with van der Waals surface area (Å²) in [5.41, 5.74) is -0.0744. The summed E-state index contributed by atoms with van der Waals surface area (Å²) in [4.78, 5) is 12.4. The number of anilines is 1. The number of hydrogen-bond donors (Lipinski definition) is 1. The van der Waals surface area contributed by atoms with Crippen molar-refractivity contribution >= 4 is 11.6 Å². The number of nitriles is 1. The molecule has 1 atom stereocenters. The van der Waals surface area contributed by atoms with Crippen LogP contribution in [0.4, 0.5) is 5.69 Å². The summed E-state index contributed by atoms with van der Waals surface area (Å²) in [7, 11) is 1.51. The Bertz CT molecular complexity index is 537. The average Bonchev–Trinajstić information content (AvgIpc) is 2.49. The molecule has 0 aromatic heterocycles. The van der Waals surface area contributed by atoms with E-state index in [1.54, 1.807) is 25.1 Å². The van der Waals surface area contributed by atoms with E-state index in [9.17, 15) is 10.1 Å². The van der Waals surface area contributed by atoms with Gasteiger partial charge >= 0.3 is 0 Å². The van der Waals surface area contributed by atoms with Crippen molar-refractivity contribution in [3.63, 3.8) is 0 Å². The Morgan fingerprint density at radius 1 is 1.43 bits per heavy atom. The van der Waals surface area contributed by atoms with Crippen molar-refractivity contribution < 1.29 is 14.3 Å². The van der Waals surface area contributed by atoms with Gasteiger partial charge < -0.3 is 14.8 Å². The highest BCUT2D eigenvalue weighted by Gasteiger charge is 2.32. The van der Waals surface area contributed by atoms with Crippen LogP contribution in [0.5, 0.6) is 5.75 Å². The number of methoxy groups -OCH3 is 1. The van der Waals surface area contributed by atoms with Gasteiger partial charge in [0.2, 0.25) is 0 Å². The predicted molar refractivity (Wildman–Crippen MR) is 81.3 cm³/mol. The van der Waals surface area contributed by atoms with Crippen molar-refractivity contribution in [2.24, 2.45) is 0 Å². The first kappa shape index (κ1) is 17.0. The molecule has 1 aromatic rings. The van der Waals surface area contributed by atoms with Gasteiger partial charge in [-0.05, 0) is 38.5 Å². The molecular formula is C16H22N2O3. The topological polar surface area (TPSA) is 71.3 Å². The maximum absolute atomic E-state index is 12.4. The van der Waals surface area contributed by atoms with Crippen LogP contribution in [-0.4, -0.2) is 25.2 Å². The van der Waals surface area contributed by atoms with Crippen LogP contribution in [0, 0.1) is 11.3 Å². The monoisotopic (exact) mass is 290 g/mol. The Labute approximate surface area is 125 Å². The fraction of sp³-hybridized carbons (Fsp3) is 0.500. The van der Waals surface area contributed by atoms with Crippen LogP contribution in [0.15, 0.2) is 18.2 Å². The molecule has 0 heterocycles. The summed E-state index contributed by atoms with van der Waals surface area (Å²) >= 11 is 0. The molecule has 5 heteroatoms. The van der Waals surface area contributed by atoms with E-state index < -0.39 is 5.60 Å². The highest BCUT2D eigenvalue weighted by Crippen LogP contribution is 2.24. The molecule has 1 amide bonds. The standard InChI is InChI=1S/C16H22N2O3/c1-5-9-16(3,20-4)15(19)18-14-8-7-13(21-6-2)10-12(14)11-17/h7-8,10H,5-6,9H2,1-4H3,(H,18,19). The number of nitrogens with one attached hydrogen (secondary N) is 1. The van der Waals surface area contributed by atoms with Crippen molar-refractivity contribution in [1.82, 2.24) is 0 Å². The molecule has 0 aliphatic carbocycles. The molecule has 0 fully saturated rings. The lowest BCUT2D eigenvalue weighted by molar-refractivity contribution is -0.136. The van der Waals surface area contributed by atoms with E-state index in [2.05, 4.69) is 11.4 Å². The maximum atomic E-state index is 12.4. The Kier molecular flexibility index (Phi) is 6.19. The van der Waals surface area contributed by atoms with E-state index in [0.717, 1.165) is 6.42 Å². The zero-order valence-corrected chi connectivity index (χ0v) is 13.0. The number of nitrogens with zero attached hydrogens (tertiary/aromatic N) is 1. The summed E-state index contributed by atoms with van der Waals surface area (Å²) in [5, 5.41) is 12.0. The number of carbonyl (C=O) groups is 1. The smallest absolute Gasteiger partial charge is 0.256 e. The van der Waals surface area contributed by atoms with Crippen molar-refractivity contribution in [3.8, 4) is 11.8 Å². The Morgan fingerprint density at radius 2 is 2.14 bits per heavy atom. The second kappa shape index (κ2) is 7.65. The van der Waals surface area contributed by atoms with Gasteiger partial charge in [0.15, 0.2) is 0 Å². The number of amides is 1. The second-order valence-corrected chi connectivity index (χ2v) is 4.89. The maximum Gasteiger partial charge on any atom is 0.256 e. The van der Waals surface area contributed by atoms with Crippen LogP contribution in [0.25, 0.3) is 0 Å². The summed E-state index contributed by atoms with van der Waals surface area (Å²) in [5.74, 6) is 0.350. The van der Waals surface area contributed by atoms with Gasteiger partial charge in [-0.25, -0.2) is 0 Å². The van der Waals surface area contributed by atoms with E-state index >= 15 is 0 Å². The van der Waals surface area contributed by atoms with Crippen molar-refractivity contribution in [3.05, 3.63) is 23.8 Å². The van der Waals surface area contributed by atoms with E-state index in [-0.39, 0.29) is 5.91 Å². The lowest BCUT2D eigenvalue weighted by Gasteiger charge is -2.26. The van der Waals surface area contributed by atoms with E-state index in [0.29, 0.717) is 30.0 Å². The predicted octanol–water partition coefficient (Wildman–Crippen LogP) is 3.10. The fourth-order valence-corrected chi connectivity index (χ4v) is 2.02. The minimum atomic E-state index is -0.903.